The van der Waals surface area contributed by atoms with E-state index in [1.807, 2.05) is 31.2 Å². The van der Waals surface area contributed by atoms with E-state index < -0.39 is 0 Å². The van der Waals surface area contributed by atoms with E-state index >= 15 is 0 Å². The number of benzene rings is 2. The van der Waals surface area contributed by atoms with Crippen LogP contribution in [0.2, 0.25) is 10.0 Å². The zero-order chi connectivity index (χ0) is 15.9. The summed E-state index contributed by atoms with van der Waals surface area (Å²) >= 11 is 11.7. The SMILES string of the molecule is Cc1cccc(NCC(=O)N/N=C\c2ccc(Cl)c(Cl)c2)c1. The minimum atomic E-state index is -0.238. The largest absolute Gasteiger partial charge is 0.376 e. The molecule has 0 bridgehead atoms. The molecule has 114 valence electrons. The molecule has 0 unspecified atom stereocenters. The molecule has 2 rings (SSSR count). The first kappa shape index (κ1) is 16.3. The molecule has 0 saturated carbocycles. The zero-order valence-corrected chi connectivity index (χ0v) is 13.4. The molecule has 2 aromatic carbocycles. The lowest BCUT2D eigenvalue weighted by molar-refractivity contribution is -0.119. The summed E-state index contributed by atoms with van der Waals surface area (Å²) in [7, 11) is 0. The maximum atomic E-state index is 11.7. The Balaban J connectivity index is 1.82. The number of carbonyl (C=O) groups excluding carboxylic acids is 1. The first-order chi connectivity index (χ1) is 10.5. The highest BCUT2D eigenvalue weighted by molar-refractivity contribution is 6.42. The molecule has 0 fully saturated rings. The number of nitrogens with one attached hydrogen (secondary N) is 2. The van der Waals surface area contributed by atoms with E-state index in [1.54, 1.807) is 18.2 Å². The van der Waals surface area contributed by atoms with Gasteiger partial charge in [-0.25, -0.2) is 5.43 Å². The van der Waals surface area contributed by atoms with Crippen molar-refractivity contribution in [3.63, 3.8) is 0 Å². The maximum absolute atomic E-state index is 11.7. The summed E-state index contributed by atoms with van der Waals surface area (Å²) in [6, 6.07) is 12.9. The lowest BCUT2D eigenvalue weighted by Crippen LogP contribution is -2.25. The molecule has 4 nitrogen and oxygen atoms in total. The van der Waals surface area contributed by atoms with Crippen molar-refractivity contribution in [2.75, 3.05) is 11.9 Å². The van der Waals surface area contributed by atoms with E-state index in [4.69, 9.17) is 23.2 Å². The van der Waals surface area contributed by atoms with E-state index in [0.29, 0.717) is 10.0 Å². The van der Waals surface area contributed by atoms with Gasteiger partial charge in [0.1, 0.15) is 0 Å². The molecular formula is C16H15Cl2N3O. The third kappa shape index (κ3) is 5.06. The summed E-state index contributed by atoms with van der Waals surface area (Å²) < 4.78 is 0. The quantitative estimate of drug-likeness (QED) is 0.643. The Morgan fingerprint density at radius 2 is 2.00 bits per heavy atom. The summed E-state index contributed by atoms with van der Waals surface area (Å²) in [5, 5.41) is 7.82. The predicted molar refractivity (Wildman–Crippen MR) is 91.9 cm³/mol. The number of carbonyl (C=O) groups is 1. The van der Waals surface area contributed by atoms with Gasteiger partial charge >= 0.3 is 0 Å². The molecule has 0 spiro atoms. The summed E-state index contributed by atoms with van der Waals surface area (Å²) in [5.74, 6) is -0.238. The molecular weight excluding hydrogens is 321 g/mol. The number of rotatable bonds is 5. The first-order valence-electron chi connectivity index (χ1n) is 6.62. The fourth-order valence-corrected chi connectivity index (χ4v) is 2.05. The van der Waals surface area contributed by atoms with E-state index in [2.05, 4.69) is 15.8 Å². The van der Waals surface area contributed by atoms with Gasteiger partial charge in [0.05, 0.1) is 22.8 Å². The Morgan fingerprint density at radius 1 is 1.18 bits per heavy atom. The van der Waals surface area contributed by atoms with E-state index in [-0.39, 0.29) is 12.5 Å². The van der Waals surface area contributed by atoms with Crippen molar-refractivity contribution in [3.8, 4) is 0 Å². The van der Waals surface area contributed by atoms with Crippen molar-refractivity contribution in [2.45, 2.75) is 6.92 Å². The normalized spacial score (nSPS) is 10.7. The van der Waals surface area contributed by atoms with Gasteiger partial charge in [-0.2, -0.15) is 5.10 Å². The Bertz CT molecular complexity index is 702. The van der Waals surface area contributed by atoms with Crippen molar-refractivity contribution in [1.82, 2.24) is 5.43 Å². The molecule has 2 aromatic rings. The van der Waals surface area contributed by atoms with Crippen LogP contribution in [0.5, 0.6) is 0 Å². The van der Waals surface area contributed by atoms with Gasteiger partial charge in [0.25, 0.3) is 5.91 Å². The Morgan fingerprint density at radius 3 is 2.73 bits per heavy atom. The topological polar surface area (TPSA) is 53.5 Å². The van der Waals surface area contributed by atoms with Crippen LogP contribution in [0.25, 0.3) is 0 Å². The molecule has 0 aliphatic heterocycles. The van der Waals surface area contributed by atoms with Crippen molar-refractivity contribution in [1.29, 1.82) is 0 Å². The van der Waals surface area contributed by atoms with Crippen LogP contribution in [0.3, 0.4) is 0 Å². The Kier molecular flexibility index (Phi) is 5.81. The van der Waals surface area contributed by atoms with Crippen molar-refractivity contribution >= 4 is 41.0 Å². The lowest BCUT2D eigenvalue weighted by Gasteiger charge is -2.05. The van der Waals surface area contributed by atoms with Crippen LogP contribution in [-0.4, -0.2) is 18.7 Å². The molecule has 6 heteroatoms. The molecule has 0 atom stereocenters. The number of hydrogen-bond donors (Lipinski definition) is 2. The maximum Gasteiger partial charge on any atom is 0.259 e. The number of anilines is 1. The summed E-state index contributed by atoms with van der Waals surface area (Å²) in [4.78, 5) is 11.7. The summed E-state index contributed by atoms with van der Waals surface area (Å²) in [5.41, 5.74) is 5.21. The molecule has 0 radical (unpaired) electrons. The van der Waals surface area contributed by atoms with E-state index in [0.717, 1.165) is 16.8 Å². The average Bonchev–Trinajstić information content (AvgIpc) is 2.49. The third-order valence-corrected chi connectivity index (χ3v) is 3.56. The second kappa shape index (κ2) is 7.82. The van der Waals surface area contributed by atoms with Crippen LogP contribution in [0, 0.1) is 6.92 Å². The highest BCUT2D eigenvalue weighted by atomic mass is 35.5. The van der Waals surface area contributed by atoms with Gasteiger partial charge in [0, 0.05) is 5.69 Å². The predicted octanol–water partition coefficient (Wildman–Crippen LogP) is 3.86. The first-order valence-corrected chi connectivity index (χ1v) is 7.38. The van der Waals surface area contributed by atoms with Crippen LogP contribution in [0.1, 0.15) is 11.1 Å². The highest BCUT2D eigenvalue weighted by Gasteiger charge is 2.00. The van der Waals surface area contributed by atoms with Crippen molar-refractivity contribution in [2.24, 2.45) is 5.10 Å². The smallest absolute Gasteiger partial charge is 0.259 e. The van der Waals surface area contributed by atoms with Gasteiger partial charge in [0.2, 0.25) is 0 Å². The second-order valence-corrected chi connectivity index (χ2v) is 5.50. The van der Waals surface area contributed by atoms with Crippen LogP contribution in [0.4, 0.5) is 5.69 Å². The van der Waals surface area contributed by atoms with E-state index in [1.165, 1.54) is 6.21 Å². The lowest BCUT2D eigenvalue weighted by atomic mass is 10.2. The zero-order valence-electron chi connectivity index (χ0n) is 11.9. The molecule has 0 heterocycles. The number of amides is 1. The van der Waals surface area contributed by atoms with Gasteiger partial charge in [-0.3, -0.25) is 4.79 Å². The number of hydrazone groups is 1. The molecule has 1 amide bonds. The Labute approximate surface area is 139 Å². The van der Waals surface area contributed by atoms with Crippen molar-refractivity contribution in [3.05, 3.63) is 63.6 Å². The monoisotopic (exact) mass is 335 g/mol. The van der Waals surface area contributed by atoms with Gasteiger partial charge < -0.3 is 5.32 Å². The Hall–Kier alpha value is -2.04. The number of aryl methyl sites for hydroxylation is 1. The van der Waals surface area contributed by atoms with Gasteiger partial charge in [-0.15, -0.1) is 0 Å². The summed E-state index contributed by atoms with van der Waals surface area (Å²) in [6.45, 7) is 2.13. The fraction of sp³-hybridized carbons (Fsp3) is 0.125. The highest BCUT2D eigenvalue weighted by Crippen LogP contribution is 2.21. The third-order valence-electron chi connectivity index (χ3n) is 2.82. The number of hydrogen-bond acceptors (Lipinski definition) is 3. The van der Waals surface area contributed by atoms with Gasteiger partial charge in [-0.1, -0.05) is 41.4 Å². The van der Waals surface area contributed by atoms with Gasteiger partial charge in [0.15, 0.2) is 0 Å². The van der Waals surface area contributed by atoms with Crippen LogP contribution in [-0.2, 0) is 4.79 Å². The second-order valence-electron chi connectivity index (χ2n) is 4.69. The fourth-order valence-electron chi connectivity index (χ4n) is 1.75. The molecule has 0 aromatic heterocycles. The summed E-state index contributed by atoms with van der Waals surface area (Å²) in [6.07, 6.45) is 1.51. The number of halogens is 2. The van der Waals surface area contributed by atoms with Crippen LogP contribution < -0.4 is 10.7 Å². The molecule has 0 aliphatic rings. The van der Waals surface area contributed by atoms with Gasteiger partial charge in [-0.05, 0) is 42.3 Å². The minimum absolute atomic E-state index is 0.141. The molecule has 0 aliphatic carbocycles. The van der Waals surface area contributed by atoms with Crippen molar-refractivity contribution < 1.29 is 4.79 Å². The van der Waals surface area contributed by atoms with E-state index in [9.17, 15) is 4.79 Å². The van der Waals surface area contributed by atoms with Crippen LogP contribution in [0.15, 0.2) is 47.6 Å². The standard InChI is InChI=1S/C16H15Cl2N3O/c1-11-3-2-4-13(7-11)19-10-16(22)21-20-9-12-5-6-14(17)15(18)8-12/h2-9,19H,10H2,1H3,(H,21,22)/b20-9-. The minimum Gasteiger partial charge on any atom is -0.376 e. The molecule has 2 N–H and O–H groups in total. The number of nitrogens with zero attached hydrogens (tertiary/aromatic N) is 1. The average molecular weight is 336 g/mol. The molecule has 0 saturated heterocycles. The molecule has 22 heavy (non-hydrogen) atoms. The van der Waals surface area contributed by atoms with Crippen LogP contribution >= 0.6 is 23.2 Å².